The number of imide groups is 1. The Morgan fingerprint density at radius 2 is 1.82 bits per heavy atom. The third-order valence-corrected chi connectivity index (χ3v) is 7.96. The largest absolute Gasteiger partial charge is 0.497 e. The first kappa shape index (κ1) is 26.7. The number of amidine groups is 1. The molecule has 0 radical (unpaired) electrons. The van der Waals surface area contributed by atoms with E-state index in [2.05, 4.69) is 46.4 Å². The molecule has 8 heteroatoms. The van der Waals surface area contributed by atoms with Crippen molar-refractivity contribution in [2.45, 2.75) is 44.9 Å². The van der Waals surface area contributed by atoms with Crippen molar-refractivity contribution in [2.24, 2.45) is 10.1 Å². The number of methoxy groups -OCH3 is 1. The minimum atomic E-state index is -0.559. The number of hydrogen-bond donors (Lipinski definition) is 0. The van der Waals surface area contributed by atoms with Gasteiger partial charge in [-0.25, -0.2) is 0 Å². The van der Waals surface area contributed by atoms with E-state index in [1.54, 1.807) is 7.11 Å². The summed E-state index contributed by atoms with van der Waals surface area (Å²) in [5.41, 5.74) is 6.10. The molecule has 3 aromatic carbocycles. The Hall–Kier alpha value is -3.91. The Morgan fingerprint density at radius 1 is 1.08 bits per heavy atom. The van der Waals surface area contributed by atoms with Crippen LogP contribution in [-0.4, -0.2) is 46.1 Å². The lowest BCUT2D eigenvalue weighted by molar-refractivity contribution is -0.125. The second kappa shape index (κ2) is 11.1. The highest BCUT2D eigenvalue weighted by molar-refractivity contribution is 8.15. The summed E-state index contributed by atoms with van der Waals surface area (Å²) in [6.45, 7) is 6.72. The number of amides is 2. The predicted octanol–water partition coefficient (Wildman–Crippen LogP) is 6.29. The van der Waals surface area contributed by atoms with E-state index in [-0.39, 0.29) is 11.1 Å². The lowest BCUT2D eigenvalue weighted by Gasteiger charge is -2.35. The molecule has 0 spiro atoms. The molecule has 0 unspecified atom stereocenters. The van der Waals surface area contributed by atoms with Gasteiger partial charge in [-0.15, -0.1) is 0 Å². The van der Waals surface area contributed by atoms with Gasteiger partial charge in [-0.05, 0) is 91.5 Å². The van der Waals surface area contributed by atoms with Crippen LogP contribution in [0.15, 0.2) is 82.9 Å². The number of fused-ring (bicyclic) bond motifs is 1. The molecule has 0 atom stereocenters. The van der Waals surface area contributed by atoms with E-state index in [0.717, 1.165) is 75.8 Å². The second-order valence-corrected chi connectivity index (χ2v) is 11.7. The van der Waals surface area contributed by atoms with Gasteiger partial charge < -0.3 is 9.64 Å². The van der Waals surface area contributed by atoms with Crippen LogP contribution in [0.25, 0.3) is 0 Å². The number of aliphatic imine (C=N–C) groups is 1. The van der Waals surface area contributed by atoms with Crippen LogP contribution in [0, 0.1) is 0 Å². The number of hydrazone groups is 1. The number of anilines is 1. The first-order valence-corrected chi connectivity index (χ1v) is 13.8. The Labute approximate surface area is 233 Å². The van der Waals surface area contributed by atoms with Crippen LogP contribution in [0.4, 0.5) is 10.5 Å². The molecule has 0 saturated heterocycles. The molecule has 0 N–H and O–H groups in total. The summed E-state index contributed by atoms with van der Waals surface area (Å²) in [5.74, 6) is 1.33. The van der Waals surface area contributed by atoms with Crippen molar-refractivity contribution in [1.29, 1.82) is 0 Å². The first-order valence-electron chi connectivity index (χ1n) is 13.0. The smallest absolute Gasteiger partial charge is 0.309 e. The van der Waals surface area contributed by atoms with Crippen molar-refractivity contribution in [1.82, 2.24) is 5.01 Å². The monoisotopic (exact) mass is 540 g/mol. The van der Waals surface area contributed by atoms with Gasteiger partial charge in [-0.2, -0.15) is 10.1 Å². The average Bonchev–Trinajstić information content (AvgIpc) is 2.93. The normalized spacial score (nSPS) is 17.0. The molecule has 2 aliphatic heterocycles. The minimum Gasteiger partial charge on any atom is -0.497 e. The molecule has 0 saturated carbocycles. The zero-order valence-corrected chi connectivity index (χ0v) is 23.5. The number of benzene rings is 3. The van der Waals surface area contributed by atoms with Crippen molar-refractivity contribution in [2.75, 3.05) is 18.6 Å². The molecule has 2 aliphatic rings. The van der Waals surface area contributed by atoms with Crippen LogP contribution in [0.3, 0.4) is 0 Å². The molecule has 0 aromatic heterocycles. The number of ether oxygens (including phenoxy) is 1. The molecule has 39 heavy (non-hydrogen) atoms. The van der Waals surface area contributed by atoms with Crippen molar-refractivity contribution < 1.29 is 14.3 Å². The van der Waals surface area contributed by atoms with Crippen molar-refractivity contribution in [3.8, 4) is 5.75 Å². The fourth-order valence-corrected chi connectivity index (χ4v) is 5.91. The predicted molar refractivity (Wildman–Crippen MR) is 158 cm³/mol. The highest BCUT2D eigenvalue weighted by Crippen LogP contribution is 2.38. The quantitative estimate of drug-likeness (QED) is 0.281. The summed E-state index contributed by atoms with van der Waals surface area (Å²) in [6, 6.07) is 24.6. The van der Waals surface area contributed by atoms with Crippen LogP contribution >= 0.6 is 11.8 Å². The maximum Gasteiger partial charge on any atom is 0.309 e. The average molecular weight is 541 g/mol. The number of aryl methyl sites for hydroxylation is 1. The van der Waals surface area contributed by atoms with Gasteiger partial charge in [0.05, 0.1) is 24.1 Å². The lowest BCUT2D eigenvalue weighted by atomic mass is 9.93. The molecule has 7 nitrogen and oxygen atoms in total. The Bertz CT molecular complexity index is 1450. The summed E-state index contributed by atoms with van der Waals surface area (Å²) in [4.78, 5) is 31.9. The van der Waals surface area contributed by atoms with E-state index < -0.39 is 4.75 Å². The number of carbonyl (C=O) groups is 2. The molecule has 2 amide bonds. The molecule has 0 aliphatic carbocycles. The van der Waals surface area contributed by atoms with Gasteiger partial charge in [0.1, 0.15) is 11.6 Å². The highest BCUT2D eigenvalue weighted by atomic mass is 32.2. The zero-order chi connectivity index (χ0) is 27.6. The lowest BCUT2D eigenvalue weighted by Crippen LogP contribution is -2.43. The van der Waals surface area contributed by atoms with E-state index in [4.69, 9.17) is 9.73 Å². The second-order valence-electron chi connectivity index (χ2n) is 10.1. The SMILES string of the molecule is COc1ccc(/C(=N/Cc2ccccc2)N2CCCc3cc(C4=NN(C(C)=O)C(=O)SC4(C)C)ccc32)cc1. The van der Waals surface area contributed by atoms with Crippen molar-refractivity contribution >= 4 is 40.1 Å². The Morgan fingerprint density at radius 3 is 2.51 bits per heavy atom. The molecule has 0 fully saturated rings. The van der Waals surface area contributed by atoms with Gasteiger partial charge in [0.25, 0.3) is 0 Å². The Balaban J connectivity index is 1.54. The van der Waals surface area contributed by atoms with E-state index in [1.165, 1.54) is 12.5 Å². The number of rotatable bonds is 5. The fraction of sp³-hybridized carbons (Fsp3) is 0.290. The summed E-state index contributed by atoms with van der Waals surface area (Å²) in [6.07, 6.45) is 1.89. The van der Waals surface area contributed by atoms with Gasteiger partial charge in [0, 0.05) is 24.7 Å². The molecule has 2 heterocycles. The zero-order valence-electron chi connectivity index (χ0n) is 22.7. The maximum atomic E-state index is 12.5. The van der Waals surface area contributed by atoms with Gasteiger partial charge >= 0.3 is 5.24 Å². The summed E-state index contributed by atoms with van der Waals surface area (Å²) in [5, 5.41) is 5.12. The first-order chi connectivity index (χ1) is 18.8. The summed E-state index contributed by atoms with van der Waals surface area (Å²) < 4.78 is 4.83. The maximum absolute atomic E-state index is 12.5. The number of carbonyl (C=O) groups excluding carboxylic acids is 2. The summed E-state index contributed by atoms with van der Waals surface area (Å²) >= 11 is 1.13. The number of nitrogens with zero attached hydrogens (tertiary/aromatic N) is 4. The third-order valence-electron chi connectivity index (χ3n) is 6.91. The van der Waals surface area contributed by atoms with Gasteiger partial charge in [-0.3, -0.25) is 14.6 Å². The molecule has 200 valence electrons. The highest BCUT2D eigenvalue weighted by Gasteiger charge is 2.39. The van der Waals surface area contributed by atoms with Crippen molar-refractivity contribution in [3.05, 3.63) is 95.1 Å². The number of thioether (sulfide) groups is 1. The van der Waals surface area contributed by atoms with Gasteiger partial charge in [0.15, 0.2) is 0 Å². The van der Waals surface area contributed by atoms with E-state index in [0.29, 0.717) is 6.54 Å². The van der Waals surface area contributed by atoms with Crippen LogP contribution in [0.2, 0.25) is 0 Å². The third kappa shape index (κ3) is 5.61. The van der Waals surface area contributed by atoms with Crippen LogP contribution in [0.5, 0.6) is 5.75 Å². The van der Waals surface area contributed by atoms with E-state index in [1.807, 2.05) is 50.2 Å². The Kier molecular flexibility index (Phi) is 7.57. The van der Waals surface area contributed by atoms with E-state index in [9.17, 15) is 9.59 Å². The minimum absolute atomic E-state index is 0.348. The standard InChI is InChI=1S/C31H32N4O3S/c1-21(36)35-30(37)39-31(2,3)28(33-35)25-14-17-27-24(19-25)11-8-18-34(27)29(23-12-15-26(38-4)16-13-23)32-20-22-9-6-5-7-10-22/h5-7,9-10,12-17,19H,8,11,18,20H2,1-4H3/b32-29-. The fourth-order valence-electron chi connectivity index (χ4n) is 4.96. The van der Waals surface area contributed by atoms with Crippen LogP contribution < -0.4 is 9.64 Å². The molecule has 5 rings (SSSR count). The topological polar surface area (TPSA) is 74.6 Å². The molecular weight excluding hydrogens is 508 g/mol. The molecule has 0 bridgehead atoms. The van der Waals surface area contributed by atoms with Crippen LogP contribution in [-0.2, 0) is 17.8 Å². The molecular formula is C31H32N4O3S. The van der Waals surface area contributed by atoms with Gasteiger partial charge in [-0.1, -0.05) is 36.4 Å². The van der Waals surface area contributed by atoms with Crippen molar-refractivity contribution in [3.63, 3.8) is 0 Å². The van der Waals surface area contributed by atoms with Crippen LogP contribution in [0.1, 0.15) is 49.4 Å². The van der Waals surface area contributed by atoms with E-state index >= 15 is 0 Å². The summed E-state index contributed by atoms with van der Waals surface area (Å²) in [7, 11) is 1.67. The number of hydrogen-bond acceptors (Lipinski definition) is 6. The molecule has 3 aromatic rings. The van der Waals surface area contributed by atoms with Gasteiger partial charge in [0.2, 0.25) is 5.91 Å².